The van der Waals surface area contributed by atoms with Crippen molar-refractivity contribution in [3.8, 4) is 0 Å². The summed E-state index contributed by atoms with van der Waals surface area (Å²) >= 11 is 0. The Labute approximate surface area is 122 Å². The van der Waals surface area contributed by atoms with Crippen molar-refractivity contribution in [3.05, 3.63) is 35.8 Å². The molecule has 6 nitrogen and oxygen atoms in total. The van der Waals surface area contributed by atoms with Gasteiger partial charge in [-0.2, -0.15) is 0 Å². The first-order valence-corrected chi connectivity index (χ1v) is 6.88. The van der Waals surface area contributed by atoms with Crippen LogP contribution in [0.25, 0.3) is 5.65 Å². The molecule has 0 aliphatic rings. The summed E-state index contributed by atoms with van der Waals surface area (Å²) in [4.78, 5) is 28.1. The summed E-state index contributed by atoms with van der Waals surface area (Å²) in [5, 5.41) is 11.7. The second-order valence-electron chi connectivity index (χ2n) is 5.47. The third-order valence-electron chi connectivity index (χ3n) is 3.26. The summed E-state index contributed by atoms with van der Waals surface area (Å²) < 4.78 is 1.69. The summed E-state index contributed by atoms with van der Waals surface area (Å²) in [6.45, 7) is 4.92. The molecular weight excluding hydrogens is 270 g/mol. The molecular formula is C15H19N3O3. The van der Waals surface area contributed by atoms with E-state index in [0.717, 1.165) is 6.42 Å². The first kappa shape index (κ1) is 15.0. The maximum absolute atomic E-state index is 12.5. The summed E-state index contributed by atoms with van der Waals surface area (Å²) in [5.74, 6) is -1.51. The molecule has 0 spiro atoms. The molecule has 0 aromatic carbocycles. The van der Waals surface area contributed by atoms with Crippen molar-refractivity contribution in [1.29, 1.82) is 0 Å². The molecule has 0 radical (unpaired) electrons. The van der Waals surface area contributed by atoms with E-state index in [-0.39, 0.29) is 0 Å². The lowest BCUT2D eigenvalue weighted by Gasteiger charge is -2.21. The van der Waals surface area contributed by atoms with Crippen LogP contribution in [0.5, 0.6) is 0 Å². The highest BCUT2D eigenvalue weighted by molar-refractivity contribution is 5.98. The minimum absolute atomic E-state index is 0.404. The van der Waals surface area contributed by atoms with Gasteiger partial charge in [-0.3, -0.25) is 9.20 Å². The Morgan fingerprint density at radius 2 is 2.10 bits per heavy atom. The summed E-state index contributed by atoms with van der Waals surface area (Å²) in [5.41, 5.74) is 0.433. The minimum Gasteiger partial charge on any atom is -0.480 e. The first-order chi connectivity index (χ1) is 9.86. The van der Waals surface area contributed by atoms with E-state index in [0.29, 0.717) is 23.5 Å². The molecule has 0 saturated heterocycles. The fourth-order valence-corrected chi connectivity index (χ4v) is 2.09. The molecule has 0 unspecified atom stereocenters. The highest BCUT2D eigenvalue weighted by atomic mass is 16.4. The van der Waals surface area contributed by atoms with Gasteiger partial charge in [0.15, 0.2) is 0 Å². The van der Waals surface area contributed by atoms with Crippen LogP contribution in [0.4, 0.5) is 0 Å². The number of amides is 1. The van der Waals surface area contributed by atoms with Crippen molar-refractivity contribution >= 4 is 17.5 Å². The number of aryl methyl sites for hydroxylation is 1. The molecule has 21 heavy (non-hydrogen) atoms. The molecule has 0 bridgehead atoms. The van der Waals surface area contributed by atoms with Crippen LogP contribution in [0.2, 0.25) is 0 Å². The van der Waals surface area contributed by atoms with E-state index in [2.05, 4.69) is 10.3 Å². The normalized spacial score (nSPS) is 11.6. The van der Waals surface area contributed by atoms with E-state index in [1.54, 1.807) is 10.6 Å². The fourth-order valence-electron chi connectivity index (χ4n) is 2.09. The molecule has 2 heterocycles. The van der Waals surface area contributed by atoms with E-state index in [9.17, 15) is 9.59 Å². The van der Waals surface area contributed by atoms with Gasteiger partial charge >= 0.3 is 5.97 Å². The van der Waals surface area contributed by atoms with E-state index >= 15 is 0 Å². The van der Waals surface area contributed by atoms with E-state index in [4.69, 9.17) is 5.11 Å². The Balaban J connectivity index is 2.46. The number of aromatic nitrogens is 2. The van der Waals surface area contributed by atoms with Gasteiger partial charge in [0.05, 0.1) is 5.69 Å². The SMILES string of the molecule is CCCc1nc2ccccn2c1C(=O)NC(C)(C)C(=O)O. The lowest BCUT2D eigenvalue weighted by Crippen LogP contribution is -2.50. The average molecular weight is 289 g/mol. The van der Waals surface area contributed by atoms with E-state index in [1.165, 1.54) is 13.8 Å². The summed E-state index contributed by atoms with van der Waals surface area (Å²) in [7, 11) is 0. The Hall–Kier alpha value is -2.37. The van der Waals surface area contributed by atoms with Crippen LogP contribution < -0.4 is 5.32 Å². The smallest absolute Gasteiger partial charge is 0.328 e. The lowest BCUT2D eigenvalue weighted by atomic mass is 10.1. The van der Waals surface area contributed by atoms with Crippen molar-refractivity contribution in [1.82, 2.24) is 14.7 Å². The number of nitrogens with zero attached hydrogens (tertiary/aromatic N) is 2. The molecule has 0 fully saturated rings. The van der Waals surface area contributed by atoms with Crippen LogP contribution in [0.15, 0.2) is 24.4 Å². The molecule has 2 N–H and O–H groups in total. The van der Waals surface area contributed by atoms with Crippen LogP contribution >= 0.6 is 0 Å². The Morgan fingerprint density at radius 3 is 2.71 bits per heavy atom. The van der Waals surface area contributed by atoms with Crippen LogP contribution in [-0.4, -0.2) is 31.9 Å². The molecule has 0 aliphatic carbocycles. The molecule has 0 aliphatic heterocycles. The predicted octanol–water partition coefficient (Wildman–Crippen LogP) is 1.88. The molecule has 6 heteroatoms. The molecule has 0 saturated carbocycles. The van der Waals surface area contributed by atoms with E-state index in [1.807, 2.05) is 25.1 Å². The first-order valence-electron chi connectivity index (χ1n) is 6.88. The number of aliphatic carboxylic acids is 1. The number of imidazole rings is 1. The molecule has 112 valence electrons. The van der Waals surface area contributed by atoms with Crippen molar-refractivity contribution in [3.63, 3.8) is 0 Å². The summed E-state index contributed by atoms with van der Waals surface area (Å²) in [6, 6.07) is 5.47. The van der Waals surface area contributed by atoms with Crippen molar-refractivity contribution in [2.45, 2.75) is 39.2 Å². The maximum atomic E-state index is 12.5. The van der Waals surface area contributed by atoms with Gasteiger partial charge in [-0.25, -0.2) is 9.78 Å². The second kappa shape index (κ2) is 5.55. The lowest BCUT2D eigenvalue weighted by molar-refractivity contribution is -0.143. The number of pyridine rings is 1. The highest BCUT2D eigenvalue weighted by Crippen LogP contribution is 2.16. The van der Waals surface area contributed by atoms with Gasteiger partial charge < -0.3 is 10.4 Å². The van der Waals surface area contributed by atoms with Gasteiger partial charge in [0.1, 0.15) is 16.9 Å². The summed E-state index contributed by atoms with van der Waals surface area (Å²) in [6.07, 6.45) is 3.27. The van der Waals surface area contributed by atoms with Crippen LogP contribution in [-0.2, 0) is 11.2 Å². The van der Waals surface area contributed by atoms with Gasteiger partial charge in [0.2, 0.25) is 0 Å². The fraction of sp³-hybridized carbons (Fsp3) is 0.400. The third-order valence-corrected chi connectivity index (χ3v) is 3.26. The van der Waals surface area contributed by atoms with Gasteiger partial charge in [0.25, 0.3) is 5.91 Å². The predicted molar refractivity (Wildman–Crippen MR) is 78.4 cm³/mol. The third kappa shape index (κ3) is 2.89. The van der Waals surface area contributed by atoms with Crippen LogP contribution in [0, 0.1) is 0 Å². The average Bonchev–Trinajstić information content (AvgIpc) is 2.76. The molecule has 2 aromatic heterocycles. The number of fused-ring (bicyclic) bond motifs is 1. The molecule has 2 aromatic rings. The van der Waals surface area contributed by atoms with Crippen LogP contribution in [0.1, 0.15) is 43.4 Å². The van der Waals surface area contributed by atoms with Gasteiger partial charge in [-0.1, -0.05) is 19.4 Å². The highest BCUT2D eigenvalue weighted by Gasteiger charge is 2.31. The largest absolute Gasteiger partial charge is 0.480 e. The van der Waals surface area contributed by atoms with E-state index < -0.39 is 17.4 Å². The number of carboxylic acid groups (broad SMARTS) is 1. The topological polar surface area (TPSA) is 83.7 Å². The van der Waals surface area contributed by atoms with Gasteiger partial charge in [-0.15, -0.1) is 0 Å². The minimum atomic E-state index is -1.33. The number of carboxylic acids is 1. The Morgan fingerprint density at radius 1 is 1.38 bits per heavy atom. The quantitative estimate of drug-likeness (QED) is 0.880. The number of carbonyl (C=O) groups excluding carboxylic acids is 1. The second-order valence-corrected chi connectivity index (χ2v) is 5.47. The number of hydrogen-bond donors (Lipinski definition) is 2. The number of rotatable bonds is 5. The van der Waals surface area contributed by atoms with Crippen molar-refractivity contribution in [2.24, 2.45) is 0 Å². The monoisotopic (exact) mass is 289 g/mol. The number of hydrogen-bond acceptors (Lipinski definition) is 3. The van der Waals surface area contributed by atoms with Gasteiger partial charge in [0, 0.05) is 6.20 Å². The number of nitrogens with one attached hydrogen (secondary N) is 1. The zero-order chi connectivity index (χ0) is 15.6. The Bertz CT molecular complexity index is 689. The maximum Gasteiger partial charge on any atom is 0.328 e. The number of carbonyl (C=O) groups is 2. The van der Waals surface area contributed by atoms with Crippen molar-refractivity contribution < 1.29 is 14.7 Å². The van der Waals surface area contributed by atoms with Crippen molar-refractivity contribution in [2.75, 3.05) is 0 Å². The standard InChI is InChI=1S/C15H19N3O3/c1-4-7-10-12(13(19)17-15(2,3)14(20)21)18-9-6-5-8-11(18)16-10/h5-6,8-9H,4,7H2,1-3H3,(H,17,19)(H,20,21). The zero-order valence-corrected chi connectivity index (χ0v) is 12.4. The van der Waals surface area contributed by atoms with Crippen LogP contribution in [0.3, 0.4) is 0 Å². The zero-order valence-electron chi connectivity index (χ0n) is 12.4. The molecule has 1 amide bonds. The molecule has 2 rings (SSSR count). The van der Waals surface area contributed by atoms with Gasteiger partial charge in [-0.05, 0) is 32.4 Å². The molecule has 0 atom stereocenters. The Kier molecular flexibility index (Phi) is 3.97.